The summed E-state index contributed by atoms with van der Waals surface area (Å²) >= 11 is 0. The number of hydrogen-bond acceptors (Lipinski definition) is 3. The summed E-state index contributed by atoms with van der Waals surface area (Å²) in [5.41, 5.74) is 0. The summed E-state index contributed by atoms with van der Waals surface area (Å²) in [7, 11) is -4.49. The van der Waals surface area contributed by atoms with Crippen molar-refractivity contribution >= 4 is 21.0 Å². The summed E-state index contributed by atoms with van der Waals surface area (Å²) in [5, 5.41) is 4.80. The van der Waals surface area contributed by atoms with E-state index in [9.17, 15) is 12.6 Å². The van der Waals surface area contributed by atoms with Crippen molar-refractivity contribution in [3.05, 3.63) is 0 Å². The van der Waals surface area contributed by atoms with Crippen LogP contribution in [0.1, 0.15) is 6.92 Å². The van der Waals surface area contributed by atoms with Gasteiger partial charge in [-0.25, -0.2) is 5.14 Å². The van der Waals surface area contributed by atoms with Gasteiger partial charge in [-0.15, -0.1) is 0 Å². The second kappa shape index (κ2) is 3.41. The Kier molecular flexibility index (Phi) is 2.87. The Bertz CT molecular complexity index is 287. The topological polar surface area (TPSA) is 80.5 Å². The van der Waals surface area contributed by atoms with Gasteiger partial charge >= 0.3 is 0 Å². The molecule has 12 heavy (non-hydrogen) atoms. The van der Waals surface area contributed by atoms with Gasteiger partial charge in [0.25, 0.3) is 10.2 Å². The SMILES string of the molecule is CC1CN(S(N)(=O)=O)CCS1=O. The van der Waals surface area contributed by atoms with Crippen LogP contribution in [-0.2, 0) is 21.0 Å². The first-order valence-electron chi connectivity index (χ1n) is 3.56. The number of nitrogens with two attached hydrogens (primary N) is 1. The van der Waals surface area contributed by atoms with E-state index in [4.69, 9.17) is 5.14 Å². The molecule has 0 aliphatic carbocycles. The minimum absolute atomic E-state index is 0.114. The minimum atomic E-state index is -3.58. The lowest BCUT2D eigenvalue weighted by atomic mass is 10.4. The maximum atomic E-state index is 11.1. The molecule has 1 rings (SSSR count). The smallest absolute Gasteiger partial charge is 0.259 e. The van der Waals surface area contributed by atoms with Crippen molar-refractivity contribution in [3.8, 4) is 0 Å². The summed E-state index contributed by atoms with van der Waals surface area (Å²) in [4.78, 5) is 0. The first-order chi connectivity index (χ1) is 5.41. The van der Waals surface area contributed by atoms with Crippen LogP contribution in [0.3, 0.4) is 0 Å². The van der Waals surface area contributed by atoms with Gasteiger partial charge in [-0.1, -0.05) is 0 Å². The molecule has 7 heteroatoms. The van der Waals surface area contributed by atoms with Crippen LogP contribution in [0.15, 0.2) is 0 Å². The molecule has 1 aliphatic heterocycles. The third-order valence-corrected chi connectivity index (χ3v) is 4.49. The standard InChI is InChI=1S/C5H12N2O3S2/c1-5-4-7(12(6,9)10)2-3-11(5)8/h5H,2-4H2,1H3,(H2,6,9,10). The normalized spacial score (nSPS) is 33.5. The third-order valence-electron chi connectivity index (χ3n) is 1.81. The van der Waals surface area contributed by atoms with Gasteiger partial charge in [0, 0.05) is 34.9 Å². The highest BCUT2D eigenvalue weighted by Crippen LogP contribution is 2.09. The molecule has 0 aromatic carbocycles. The fraction of sp³-hybridized carbons (Fsp3) is 1.00. The third kappa shape index (κ3) is 2.25. The van der Waals surface area contributed by atoms with E-state index in [0.717, 1.165) is 0 Å². The van der Waals surface area contributed by atoms with Crippen molar-refractivity contribution < 1.29 is 12.6 Å². The predicted octanol–water partition coefficient (Wildman–Crippen LogP) is -1.36. The van der Waals surface area contributed by atoms with Crippen LogP contribution in [0.25, 0.3) is 0 Å². The molecule has 1 fully saturated rings. The van der Waals surface area contributed by atoms with Crippen molar-refractivity contribution in [1.29, 1.82) is 0 Å². The average molecular weight is 212 g/mol. The van der Waals surface area contributed by atoms with Gasteiger partial charge in [-0.3, -0.25) is 4.21 Å². The first kappa shape index (κ1) is 10.1. The Morgan fingerprint density at radius 2 is 2.17 bits per heavy atom. The molecule has 2 unspecified atom stereocenters. The van der Waals surface area contributed by atoms with Crippen molar-refractivity contribution in [2.24, 2.45) is 5.14 Å². The molecule has 72 valence electrons. The molecular formula is C5H12N2O3S2. The van der Waals surface area contributed by atoms with Crippen LogP contribution in [0, 0.1) is 0 Å². The van der Waals surface area contributed by atoms with Gasteiger partial charge in [0.15, 0.2) is 0 Å². The van der Waals surface area contributed by atoms with E-state index in [1.54, 1.807) is 6.92 Å². The Balaban J connectivity index is 2.70. The molecule has 5 nitrogen and oxygen atoms in total. The molecule has 0 aromatic heterocycles. The lowest BCUT2D eigenvalue weighted by molar-refractivity contribution is 0.418. The second-order valence-corrected chi connectivity index (χ2v) is 6.32. The van der Waals surface area contributed by atoms with Gasteiger partial charge in [0.05, 0.1) is 0 Å². The Morgan fingerprint density at radius 1 is 1.58 bits per heavy atom. The number of rotatable bonds is 1. The summed E-state index contributed by atoms with van der Waals surface area (Å²) in [6.45, 7) is 2.30. The lowest BCUT2D eigenvalue weighted by Crippen LogP contribution is -2.48. The van der Waals surface area contributed by atoms with Gasteiger partial charge < -0.3 is 0 Å². The maximum absolute atomic E-state index is 11.1. The van der Waals surface area contributed by atoms with Gasteiger partial charge in [0.2, 0.25) is 0 Å². The van der Waals surface area contributed by atoms with Gasteiger partial charge in [-0.2, -0.15) is 12.7 Å². The molecule has 2 N–H and O–H groups in total. The highest BCUT2D eigenvalue weighted by molar-refractivity contribution is 7.87. The lowest BCUT2D eigenvalue weighted by Gasteiger charge is -2.27. The Labute approximate surface area is 74.6 Å². The first-order valence-corrected chi connectivity index (χ1v) is 6.45. The van der Waals surface area contributed by atoms with Crippen LogP contribution in [0.4, 0.5) is 0 Å². The van der Waals surface area contributed by atoms with E-state index in [1.165, 1.54) is 4.31 Å². The fourth-order valence-electron chi connectivity index (χ4n) is 1.09. The molecular weight excluding hydrogens is 200 g/mol. The number of nitrogens with zero attached hydrogens (tertiary/aromatic N) is 1. The van der Waals surface area contributed by atoms with Crippen LogP contribution in [-0.4, -0.2) is 41.0 Å². The molecule has 1 heterocycles. The molecule has 2 atom stereocenters. The Morgan fingerprint density at radius 3 is 2.58 bits per heavy atom. The average Bonchev–Trinajstić information content (AvgIpc) is 1.92. The second-order valence-electron chi connectivity index (χ2n) is 2.80. The van der Waals surface area contributed by atoms with E-state index in [0.29, 0.717) is 5.75 Å². The minimum Gasteiger partial charge on any atom is -0.259 e. The van der Waals surface area contributed by atoms with Gasteiger partial charge in [0.1, 0.15) is 0 Å². The van der Waals surface area contributed by atoms with Crippen molar-refractivity contribution in [1.82, 2.24) is 4.31 Å². The highest BCUT2D eigenvalue weighted by Gasteiger charge is 2.27. The quantitative estimate of drug-likeness (QED) is 0.583. The van der Waals surface area contributed by atoms with Gasteiger partial charge in [-0.05, 0) is 6.92 Å². The van der Waals surface area contributed by atoms with E-state index < -0.39 is 21.0 Å². The molecule has 0 spiro atoms. The number of hydrogen-bond donors (Lipinski definition) is 1. The predicted molar refractivity (Wildman–Crippen MR) is 47.2 cm³/mol. The molecule has 0 radical (unpaired) electrons. The van der Waals surface area contributed by atoms with Crippen LogP contribution in [0.2, 0.25) is 0 Å². The maximum Gasteiger partial charge on any atom is 0.276 e. The van der Waals surface area contributed by atoms with E-state index in [1.807, 2.05) is 0 Å². The van der Waals surface area contributed by atoms with E-state index >= 15 is 0 Å². The van der Waals surface area contributed by atoms with E-state index in [2.05, 4.69) is 0 Å². The summed E-state index contributed by atoms with van der Waals surface area (Å²) in [5.74, 6) is 0.387. The zero-order chi connectivity index (χ0) is 9.35. The molecule has 1 saturated heterocycles. The molecule has 0 bridgehead atoms. The summed E-state index contributed by atoms with van der Waals surface area (Å²) in [6.07, 6.45) is 0. The fourth-order valence-corrected chi connectivity index (χ4v) is 3.22. The van der Waals surface area contributed by atoms with Crippen LogP contribution < -0.4 is 5.14 Å². The summed E-state index contributed by atoms with van der Waals surface area (Å²) in [6, 6.07) is 0. The molecule has 0 saturated carbocycles. The zero-order valence-electron chi connectivity index (χ0n) is 6.76. The zero-order valence-corrected chi connectivity index (χ0v) is 8.40. The molecule has 0 aromatic rings. The van der Waals surface area contributed by atoms with Crippen molar-refractivity contribution in [2.45, 2.75) is 12.2 Å². The monoisotopic (exact) mass is 212 g/mol. The van der Waals surface area contributed by atoms with Crippen molar-refractivity contribution in [3.63, 3.8) is 0 Å². The van der Waals surface area contributed by atoms with Crippen LogP contribution >= 0.6 is 0 Å². The summed E-state index contributed by atoms with van der Waals surface area (Å²) < 4.78 is 34.0. The molecule has 1 aliphatic rings. The molecule has 0 amide bonds. The highest BCUT2D eigenvalue weighted by atomic mass is 32.2. The Hall–Kier alpha value is 0.0200. The van der Waals surface area contributed by atoms with Crippen LogP contribution in [0.5, 0.6) is 0 Å². The largest absolute Gasteiger partial charge is 0.276 e. The van der Waals surface area contributed by atoms with Crippen molar-refractivity contribution in [2.75, 3.05) is 18.8 Å². The van der Waals surface area contributed by atoms with E-state index in [-0.39, 0.29) is 18.3 Å².